The van der Waals surface area contributed by atoms with Crippen LogP contribution >= 0.6 is 0 Å². The Bertz CT molecular complexity index is 678. The number of carboxylic acid groups (broad SMARTS) is 1. The fourth-order valence-electron chi connectivity index (χ4n) is 2.66. The topological polar surface area (TPSA) is 80.0 Å². The number of anilines is 1. The maximum Gasteiger partial charge on any atom is 0.339 e. The van der Waals surface area contributed by atoms with E-state index in [2.05, 4.69) is 15.3 Å². The lowest BCUT2D eigenvalue weighted by Gasteiger charge is -2.18. The number of imidazole rings is 1. The first kappa shape index (κ1) is 13.6. The zero-order chi connectivity index (χ0) is 14.8. The van der Waals surface area contributed by atoms with Crippen LogP contribution < -0.4 is 5.32 Å². The van der Waals surface area contributed by atoms with Gasteiger partial charge >= 0.3 is 5.97 Å². The molecule has 110 valence electrons. The molecule has 0 atom stereocenters. The van der Waals surface area contributed by atoms with Crippen LogP contribution in [0.5, 0.6) is 0 Å². The quantitative estimate of drug-likeness (QED) is 0.898. The van der Waals surface area contributed by atoms with Gasteiger partial charge in [-0.2, -0.15) is 0 Å². The Morgan fingerprint density at radius 1 is 1.43 bits per heavy atom. The van der Waals surface area contributed by atoms with Gasteiger partial charge in [-0.1, -0.05) is 0 Å². The molecule has 0 aromatic carbocycles. The highest BCUT2D eigenvalue weighted by Gasteiger charge is 2.19. The number of hydrogen-bond donors (Lipinski definition) is 2. The zero-order valence-corrected chi connectivity index (χ0v) is 12.0. The Balaban J connectivity index is 1.89. The minimum Gasteiger partial charge on any atom is -0.478 e. The van der Waals surface area contributed by atoms with Crippen LogP contribution in [0.4, 0.5) is 5.82 Å². The number of fused-ring (bicyclic) bond motifs is 1. The first-order chi connectivity index (χ1) is 10.1. The molecular formula is C15H18N4O2. The normalized spacial score (nSPS) is 13.8. The van der Waals surface area contributed by atoms with Gasteiger partial charge in [-0.25, -0.2) is 14.8 Å². The van der Waals surface area contributed by atoms with Gasteiger partial charge < -0.3 is 15.0 Å². The van der Waals surface area contributed by atoms with Crippen molar-refractivity contribution in [1.29, 1.82) is 0 Å². The highest BCUT2D eigenvalue weighted by atomic mass is 16.4. The summed E-state index contributed by atoms with van der Waals surface area (Å²) in [4.78, 5) is 20.2. The van der Waals surface area contributed by atoms with Crippen molar-refractivity contribution < 1.29 is 9.90 Å². The Kier molecular flexibility index (Phi) is 3.60. The van der Waals surface area contributed by atoms with Gasteiger partial charge in [0.05, 0.1) is 6.54 Å². The van der Waals surface area contributed by atoms with Crippen LogP contribution in [-0.2, 0) is 26.4 Å². The molecule has 1 aliphatic carbocycles. The Morgan fingerprint density at radius 3 is 2.95 bits per heavy atom. The van der Waals surface area contributed by atoms with Gasteiger partial charge in [-0.15, -0.1) is 0 Å². The van der Waals surface area contributed by atoms with Crippen molar-refractivity contribution in [1.82, 2.24) is 14.5 Å². The first-order valence-corrected chi connectivity index (χ1v) is 7.11. The van der Waals surface area contributed by atoms with E-state index < -0.39 is 5.97 Å². The molecule has 2 aromatic heterocycles. The van der Waals surface area contributed by atoms with Gasteiger partial charge in [0, 0.05) is 25.1 Å². The largest absolute Gasteiger partial charge is 0.478 e. The molecule has 0 spiro atoms. The molecule has 0 amide bonds. The molecule has 1 aliphatic rings. The number of carboxylic acids is 1. The molecule has 6 heteroatoms. The number of hydrogen-bond acceptors (Lipinski definition) is 4. The summed E-state index contributed by atoms with van der Waals surface area (Å²) < 4.78 is 1.89. The monoisotopic (exact) mass is 286 g/mol. The van der Waals surface area contributed by atoms with E-state index >= 15 is 0 Å². The second-order valence-corrected chi connectivity index (χ2v) is 5.31. The SMILES string of the molecule is Cn1ccnc1CNc1nc2c(cc1C(=O)O)CCCC2. The average molecular weight is 286 g/mol. The third kappa shape index (κ3) is 2.74. The maximum atomic E-state index is 11.4. The van der Waals surface area contributed by atoms with Crippen molar-refractivity contribution in [3.63, 3.8) is 0 Å². The van der Waals surface area contributed by atoms with Crippen molar-refractivity contribution in [2.75, 3.05) is 5.32 Å². The zero-order valence-electron chi connectivity index (χ0n) is 12.0. The van der Waals surface area contributed by atoms with Crippen molar-refractivity contribution in [3.8, 4) is 0 Å². The molecule has 0 radical (unpaired) electrons. The molecular weight excluding hydrogens is 268 g/mol. The summed E-state index contributed by atoms with van der Waals surface area (Å²) in [5.74, 6) is 0.329. The van der Waals surface area contributed by atoms with Crippen molar-refractivity contribution in [2.45, 2.75) is 32.2 Å². The van der Waals surface area contributed by atoms with E-state index in [1.165, 1.54) is 0 Å². The van der Waals surface area contributed by atoms with Gasteiger partial charge in [0.15, 0.2) is 0 Å². The predicted molar refractivity (Wildman–Crippen MR) is 78.4 cm³/mol. The lowest BCUT2D eigenvalue weighted by atomic mass is 9.95. The Labute approximate surface area is 122 Å². The molecule has 3 rings (SSSR count). The van der Waals surface area contributed by atoms with Gasteiger partial charge in [-0.05, 0) is 37.3 Å². The van der Waals surface area contributed by atoms with Gasteiger partial charge in [-0.3, -0.25) is 0 Å². The molecule has 0 bridgehead atoms. The van der Waals surface area contributed by atoms with Crippen LogP contribution in [0.1, 0.15) is 40.3 Å². The molecule has 0 saturated heterocycles. The molecule has 0 aliphatic heterocycles. The minimum absolute atomic E-state index is 0.241. The van der Waals surface area contributed by atoms with Crippen LogP contribution in [-0.4, -0.2) is 25.6 Å². The molecule has 6 nitrogen and oxygen atoms in total. The number of pyridine rings is 1. The fraction of sp³-hybridized carbons (Fsp3) is 0.400. The van der Waals surface area contributed by atoms with E-state index in [-0.39, 0.29) is 5.56 Å². The minimum atomic E-state index is -0.946. The average Bonchev–Trinajstić information content (AvgIpc) is 2.89. The van der Waals surface area contributed by atoms with Crippen molar-refractivity contribution in [3.05, 3.63) is 41.1 Å². The first-order valence-electron chi connectivity index (χ1n) is 7.11. The summed E-state index contributed by atoms with van der Waals surface area (Å²) in [6, 6.07) is 1.77. The summed E-state index contributed by atoms with van der Waals surface area (Å²) in [5, 5.41) is 12.5. The lowest BCUT2D eigenvalue weighted by molar-refractivity contribution is 0.0697. The molecule has 2 aromatic rings. The molecule has 0 fully saturated rings. The van der Waals surface area contributed by atoms with E-state index in [1.807, 2.05) is 17.8 Å². The summed E-state index contributed by atoms with van der Waals surface area (Å²) in [6.45, 7) is 0.454. The number of carbonyl (C=O) groups is 1. The van der Waals surface area contributed by atoms with Crippen LogP contribution in [0.25, 0.3) is 0 Å². The third-order valence-electron chi connectivity index (χ3n) is 3.87. The molecule has 0 unspecified atom stereocenters. The number of aromatic carboxylic acids is 1. The smallest absolute Gasteiger partial charge is 0.339 e. The number of aromatic nitrogens is 3. The summed E-state index contributed by atoms with van der Waals surface area (Å²) in [7, 11) is 1.91. The van der Waals surface area contributed by atoms with Crippen molar-refractivity contribution >= 4 is 11.8 Å². The second kappa shape index (κ2) is 5.55. The van der Waals surface area contributed by atoms with Gasteiger partial charge in [0.1, 0.15) is 17.2 Å². The molecule has 2 N–H and O–H groups in total. The number of aryl methyl sites for hydroxylation is 3. The molecule has 21 heavy (non-hydrogen) atoms. The summed E-state index contributed by atoms with van der Waals surface area (Å²) in [6.07, 6.45) is 7.64. The van der Waals surface area contributed by atoms with Crippen LogP contribution in [0.3, 0.4) is 0 Å². The van der Waals surface area contributed by atoms with E-state index in [9.17, 15) is 9.90 Å². The molecule has 0 saturated carbocycles. The second-order valence-electron chi connectivity index (χ2n) is 5.31. The third-order valence-corrected chi connectivity index (χ3v) is 3.87. The van der Waals surface area contributed by atoms with Crippen LogP contribution in [0, 0.1) is 0 Å². The van der Waals surface area contributed by atoms with E-state index in [0.717, 1.165) is 42.8 Å². The molecule has 2 heterocycles. The number of rotatable bonds is 4. The Morgan fingerprint density at radius 2 is 2.24 bits per heavy atom. The van der Waals surface area contributed by atoms with Crippen LogP contribution in [0.15, 0.2) is 18.5 Å². The van der Waals surface area contributed by atoms with E-state index in [4.69, 9.17) is 0 Å². The predicted octanol–water partition coefficient (Wildman–Crippen LogP) is 2.00. The van der Waals surface area contributed by atoms with Gasteiger partial charge in [0.25, 0.3) is 0 Å². The lowest BCUT2D eigenvalue weighted by Crippen LogP contribution is -2.15. The summed E-state index contributed by atoms with van der Waals surface area (Å²) in [5.41, 5.74) is 2.33. The number of nitrogens with one attached hydrogen (secondary N) is 1. The Hall–Kier alpha value is -2.37. The fourth-order valence-corrected chi connectivity index (χ4v) is 2.66. The highest BCUT2D eigenvalue weighted by Crippen LogP contribution is 2.25. The number of nitrogens with zero attached hydrogens (tertiary/aromatic N) is 3. The highest BCUT2D eigenvalue weighted by molar-refractivity contribution is 5.93. The van der Waals surface area contributed by atoms with E-state index in [1.54, 1.807) is 12.3 Å². The van der Waals surface area contributed by atoms with E-state index in [0.29, 0.717) is 12.4 Å². The standard InChI is InChI=1S/C15H18N4O2/c1-19-7-6-16-13(19)9-17-14-11(15(20)21)8-10-4-2-3-5-12(10)18-14/h6-8H,2-5,9H2,1H3,(H,17,18)(H,20,21). The van der Waals surface area contributed by atoms with Crippen LogP contribution in [0.2, 0.25) is 0 Å². The maximum absolute atomic E-state index is 11.4. The van der Waals surface area contributed by atoms with Crippen molar-refractivity contribution in [2.24, 2.45) is 7.05 Å². The van der Waals surface area contributed by atoms with Gasteiger partial charge in [0.2, 0.25) is 0 Å². The summed E-state index contributed by atoms with van der Waals surface area (Å²) >= 11 is 0.